The Morgan fingerprint density at radius 3 is 1.78 bits per heavy atom. The smallest absolute Gasteiger partial charge is 0.306 e. The predicted octanol–water partition coefficient (Wildman–Crippen LogP) is 8.47. The zero-order valence-electron chi connectivity index (χ0n) is 28.8. The first-order valence-electron chi connectivity index (χ1n) is 17.8. The van der Waals surface area contributed by atoms with Crippen molar-refractivity contribution in [1.82, 2.24) is 0 Å². The van der Waals surface area contributed by atoms with Crippen molar-refractivity contribution in [3.05, 3.63) is 48.6 Å². The molecule has 0 aromatic carbocycles. The van der Waals surface area contributed by atoms with Gasteiger partial charge in [-0.25, -0.2) is 0 Å². The highest BCUT2D eigenvalue weighted by atomic mass is 16.6. The van der Waals surface area contributed by atoms with Crippen molar-refractivity contribution in [2.24, 2.45) is 5.92 Å². The number of aliphatic hydroxyl groups excluding tert-OH is 3. The molecular weight excluding hydrogens is 568 g/mol. The molecule has 7 heteroatoms. The molecule has 0 saturated carbocycles. The maximum Gasteiger partial charge on any atom is 0.306 e. The lowest BCUT2D eigenvalue weighted by Crippen LogP contribution is -2.28. The molecule has 0 aromatic rings. The fourth-order valence-electron chi connectivity index (χ4n) is 4.68. The van der Waals surface area contributed by atoms with Crippen LogP contribution in [0.2, 0.25) is 0 Å². The minimum atomic E-state index is -0.878. The molecule has 0 heterocycles. The molecule has 7 nitrogen and oxygen atoms in total. The maximum atomic E-state index is 12.1. The molecule has 4 atom stereocenters. The van der Waals surface area contributed by atoms with Crippen LogP contribution < -0.4 is 0 Å². The van der Waals surface area contributed by atoms with Crippen LogP contribution in [0, 0.1) is 5.92 Å². The lowest BCUT2D eigenvalue weighted by atomic mass is 9.99. The van der Waals surface area contributed by atoms with Gasteiger partial charge in [-0.3, -0.25) is 9.59 Å². The van der Waals surface area contributed by atoms with Gasteiger partial charge in [0.15, 0.2) is 6.10 Å². The van der Waals surface area contributed by atoms with Crippen LogP contribution in [0.3, 0.4) is 0 Å². The Morgan fingerprint density at radius 2 is 1.20 bits per heavy atom. The average molecular weight is 635 g/mol. The van der Waals surface area contributed by atoms with E-state index in [9.17, 15) is 24.9 Å². The van der Waals surface area contributed by atoms with Gasteiger partial charge in [-0.1, -0.05) is 146 Å². The van der Waals surface area contributed by atoms with Gasteiger partial charge in [0, 0.05) is 12.8 Å². The Balaban J connectivity index is 3.89. The Hall–Kier alpha value is -2.22. The van der Waals surface area contributed by atoms with E-state index in [1.165, 1.54) is 44.9 Å². The molecule has 260 valence electrons. The van der Waals surface area contributed by atoms with Gasteiger partial charge in [0.05, 0.1) is 18.8 Å². The van der Waals surface area contributed by atoms with Gasteiger partial charge in [-0.15, -0.1) is 0 Å². The molecule has 0 spiro atoms. The molecule has 0 radical (unpaired) electrons. The number of esters is 2. The summed E-state index contributed by atoms with van der Waals surface area (Å²) in [6, 6.07) is 0. The normalized spacial score (nSPS) is 14.9. The topological polar surface area (TPSA) is 113 Å². The SMILES string of the molecule is CCCCC[C@@H](O)/C=C/C=C\C/C=C\C=C\[C@@H](O)CCCC(=O)O[C@@H](CO)COC(=O)CCCCCCCCCCC(C)CC. The fourth-order valence-corrected chi connectivity index (χ4v) is 4.68. The molecule has 0 rings (SSSR count). The van der Waals surface area contributed by atoms with Crippen molar-refractivity contribution >= 4 is 11.9 Å². The van der Waals surface area contributed by atoms with Crippen LogP contribution in [0.1, 0.15) is 143 Å². The maximum absolute atomic E-state index is 12.1. The highest BCUT2D eigenvalue weighted by Crippen LogP contribution is 2.15. The number of hydrogen-bond acceptors (Lipinski definition) is 7. The van der Waals surface area contributed by atoms with E-state index in [4.69, 9.17) is 9.47 Å². The second-order valence-electron chi connectivity index (χ2n) is 12.2. The van der Waals surface area contributed by atoms with Crippen molar-refractivity contribution in [1.29, 1.82) is 0 Å². The van der Waals surface area contributed by atoms with Crippen molar-refractivity contribution in [2.45, 2.75) is 161 Å². The Labute approximate surface area is 274 Å². The highest BCUT2D eigenvalue weighted by Gasteiger charge is 2.16. The number of rotatable bonds is 30. The number of allylic oxidation sites excluding steroid dienone is 6. The van der Waals surface area contributed by atoms with Crippen molar-refractivity contribution in [3.8, 4) is 0 Å². The summed E-state index contributed by atoms with van der Waals surface area (Å²) in [6.45, 7) is 6.15. The fraction of sp³-hybridized carbons (Fsp3) is 0.737. The molecule has 0 aromatic heterocycles. The number of carbonyl (C=O) groups excluding carboxylic acids is 2. The zero-order valence-corrected chi connectivity index (χ0v) is 28.8. The highest BCUT2D eigenvalue weighted by molar-refractivity contribution is 5.70. The summed E-state index contributed by atoms with van der Waals surface area (Å²) in [5.74, 6) is 0.0151. The minimum Gasteiger partial charge on any atom is -0.462 e. The van der Waals surface area contributed by atoms with E-state index < -0.39 is 24.8 Å². The molecule has 0 fully saturated rings. The molecule has 0 aliphatic carbocycles. The van der Waals surface area contributed by atoms with Gasteiger partial charge < -0.3 is 24.8 Å². The summed E-state index contributed by atoms with van der Waals surface area (Å²) in [6.07, 6.45) is 30.9. The molecule has 0 aliphatic rings. The van der Waals surface area contributed by atoms with Crippen LogP contribution in [0.4, 0.5) is 0 Å². The summed E-state index contributed by atoms with van der Waals surface area (Å²) in [7, 11) is 0. The molecule has 1 unspecified atom stereocenters. The lowest BCUT2D eigenvalue weighted by molar-refractivity contribution is -0.161. The first-order valence-corrected chi connectivity index (χ1v) is 17.8. The Kier molecular flexibility index (Phi) is 30.2. The summed E-state index contributed by atoms with van der Waals surface area (Å²) in [5, 5.41) is 29.5. The standard InChI is InChI=1S/C38H66O7/c1-4-6-18-25-34(40)26-20-15-11-9-12-16-21-27-35(41)28-23-30-38(43)45-36(31-39)32-44-37(42)29-22-17-13-8-7-10-14-19-24-33(3)5-2/h11-12,15-16,20-21,26-27,33-36,39-41H,4-10,13-14,17-19,22-25,28-32H2,1-3H3/b15-11-,16-12-,26-20+,27-21+/t33?,34-,35-,36+/m1/s1. The van der Waals surface area contributed by atoms with E-state index in [0.717, 1.165) is 57.3 Å². The lowest BCUT2D eigenvalue weighted by Gasteiger charge is -2.16. The molecule has 3 N–H and O–H groups in total. The van der Waals surface area contributed by atoms with Gasteiger partial charge >= 0.3 is 11.9 Å². The summed E-state index contributed by atoms with van der Waals surface area (Å²) >= 11 is 0. The second kappa shape index (κ2) is 31.7. The first-order chi connectivity index (χ1) is 21.8. The molecule has 0 saturated heterocycles. The molecule has 45 heavy (non-hydrogen) atoms. The van der Waals surface area contributed by atoms with Crippen molar-refractivity contribution < 1.29 is 34.4 Å². The van der Waals surface area contributed by atoms with Crippen molar-refractivity contribution in [2.75, 3.05) is 13.2 Å². The van der Waals surface area contributed by atoms with Crippen LogP contribution in [-0.4, -0.2) is 58.8 Å². The zero-order chi connectivity index (χ0) is 33.4. The summed E-state index contributed by atoms with van der Waals surface area (Å²) in [4.78, 5) is 24.2. The number of hydrogen-bond donors (Lipinski definition) is 3. The van der Waals surface area contributed by atoms with Crippen LogP contribution in [0.5, 0.6) is 0 Å². The average Bonchev–Trinajstić information content (AvgIpc) is 3.02. The number of aliphatic hydroxyl groups is 3. The number of carbonyl (C=O) groups is 2. The van der Waals surface area contributed by atoms with Crippen LogP contribution in [0.15, 0.2) is 48.6 Å². The third-order valence-electron chi connectivity index (χ3n) is 7.87. The number of unbranched alkanes of at least 4 members (excludes halogenated alkanes) is 9. The molecular formula is C38H66O7. The summed E-state index contributed by atoms with van der Waals surface area (Å²) in [5.41, 5.74) is 0. The molecule has 0 aliphatic heterocycles. The van der Waals surface area contributed by atoms with Crippen molar-refractivity contribution in [3.63, 3.8) is 0 Å². The Morgan fingerprint density at radius 1 is 0.667 bits per heavy atom. The number of ether oxygens (including phenoxy) is 2. The molecule has 0 bridgehead atoms. The van der Waals surface area contributed by atoms with E-state index in [1.807, 2.05) is 36.5 Å². The van der Waals surface area contributed by atoms with Gasteiger partial charge in [0.2, 0.25) is 0 Å². The van der Waals surface area contributed by atoms with E-state index in [2.05, 4.69) is 20.8 Å². The van der Waals surface area contributed by atoms with E-state index in [1.54, 1.807) is 12.2 Å². The quantitative estimate of drug-likeness (QED) is 0.0413. The monoisotopic (exact) mass is 634 g/mol. The second-order valence-corrected chi connectivity index (χ2v) is 12.2. The van der Waals surface area contributed by atoms with Crippen LogP contribution in [0.25, 0.3) is 0 Å². The molecule has 0 amide bonds. The van der Waals surface area contributed by atoms with E-state index in [-0.39, 0.29) is 25.1 Å². The van der Waals surface area contributed by atoms with Gasteiger partial charge in [-0.05, 0) is 38.0 Å². The van der Waals surface area contributed by atoms with Gasteiger partial charge in [0.25, 0.3) is 0 Å². The Bertz CT molecular complexity index is 817. The third kappa shape index (κ3) is 30.2. The summed E-state index contributed by atoms with van der Waals surface area (Å²) < 4.78 is 10.4. The predicted molar refractivity (Wildman–Crippen MR) is 185 cm³/mol. The minimum absolute atomic E-state index is 0.106. The first kappa shape index (κ1) is 42.8. The van der Waals surface area contributed by atoms with Gasteiger partial charge in [-0.2, -0.15) is 0 Å². The largest absolute Gasteiger partial charge is 0.462 e. The van der Waals surface area contributed by atoms with Crippen LogP contribution in [-0.2, 0) is 19.1 Å². The van der Waals surface area contributed by atoms with E-state index in [0.29, 0.717) is 19.3 Å². The van der Waals surface area contributed by atoms with Gasteiger partial charge in [0.1, 0.15) is 6.61 Å². The third-order valence-corrected chi connectivity index (χ3v) is 7.87. The van der Waals surface area contributed by atoms with E-state index >= 15 is 0 Å². The van der Waals surface area contributed by atoms with Crippen LogP contribution >= 0.6 is 0 Å².